The number of hydrogen-bond acceptors (Lipinski definition) is 6. The zero-order valence-electron chi connectivity index (χ0n) is 13.8. The molecule has 0 saturated carbocycles. The van der Waals surface area contributed by atoms with E-state index in [9.17, 15) is 18.0 Å². The van der Waals surface area contributed by atoms with Gasteiger partial charge in [0.1, 0.15) is 5.75 Å². The minimum Gasteiger partial charge on any atom is -0.406 e. The van der Waals surface area contributed by atoms with Gasteiger partial charge in [0.25, 0.3) is 0 Å². The van der Waals surface area contributed by atoms with Crippen LogP contribution in [0.25, 0.3) is 5.69 Å². The van der Waals surface area contributed by atoms with E-state index < -0.39 is 6.36 Å². The Morgan fingerprint density at radius 3 is 2.50 bits per heavy atom. The zero-order valence-corrected chi connectivity index (χ0v) is 14.6. The van der Waals surface area contributed by atoms with Gasteiger partial charge >= 0.3 is 6.36 Å². The molecule has 2 heterocycles. The van der Waals surface area contributed by atoms with Gasteiger partial charge in [0, 0.05) is 13.1 Å². The first-order chi connectivity index (χ1) is 12.3. The highest BCUT2D eigenvalue weighted by Crippen LogP contribution is 2.27. The van der Waals surface area contributed by atoms with E-state index in [-0.39, 0.29) is 16.9 Å². The minimum absolute atomic E-state index is 0.0241. The normalized spacial score (nSPS) is 15.9. The SMILES string of the molecule is C[C@@H](Sc1nnnn1-c1ccc(OC(F)(F)F)cc1)C(=O)N1CCCC1. The molecule has 0 radical (unpaired) electrons. The monoisotopic (exact) mass is 387 g/mol. The third-order valence-corrected chi connectivity index (χ3v) is 4.82. The maximum atomic E-state index is 12.4. The Morgan fingerprint density at radius 2 is 1.88 bits per heavy atom. The fraction of sp³-hybridized carbons (Fsp3) is 0.467. The van der Waals surface area contributed by atoms with Gasteiger partial charge in [-0.15, -0.1) is 18.3 Å². The Labute approximate surface area is 151 Å². The Balaban J connectivity index is 1.71. The number of hydrogen-bond donors (Lipinski definition) is 0. The van der Waals surface area contributed by atoms with Crippen molar-refractivity contribution in [3.05, 3.63) is 24.3 Å². The highest BCUT2D eigenvalue weighted by molar-refractivity contribution is 8.00. The number of tetrazole rings is 1. The third kappa shape index (κ3) is 4.45. The molecular formula is C15H16F3N5O2S. The molecule has 0 unspecified atom stereocenters. The predicted molar refractivity (Wildman–Crippen MR) is 87.0 cm³/mol. The molecule has 3 rings (SSSR count). The Morgan fingerprint density at radius 1 is 1.23 bits per heavy atom. The molecule has 0 N–H and O–H groups in total. The molecule has 11 heteroatoms. The molecule has 1 fully saturated rings. The third-order valence-electron chi connectivity index (χ3n) is 3.80. The van der Waals surface area contributed by atoms with Crippen molar-refractivity contribution in [3.8, 4) is 11.4 Å². The average molecular weight is 387 g/mol. The smallest absolute Gasteiger partial charge is 0.406 e. The second-order valence-electron chi connectivity index (χ2n) is 5.71. The number of halogens is 3. The van der Waals surface area contributed by atoms with E-state index in [1.807, 2.05) is 4.90 Å². The summed E-state index contributed by atoms with van der Waals surface area (Å²) < 4.78 is 41.9. The van der Waals surface area contributed by atoms with Crippen LogP contribution >= 0.6 is 11.8 Å². The standard InChI is InChI=1S/C15H16F3N5O2S/c1-10(13(24)22-8-2-3-9-22)26-14-19-20-21-23(14)11-4-6-12(7-5-11)25-15(16,17)18/h4-7,10H,2-3,8-9H2,1H3/t10-/m1/s1. The topological polar surface area (TPSA) is 73.1 Å². The van der Waals surface area contributed by atoms with E-state index in [0.29, 0.717) is 10.8 Å². The summed E-state index contributed by atoms with van der Waals surface area (Å²) >= 11 is 1.21. The van der Waals surface area contributed by atoms with Gasteiger partial charge in [-0.25, -0.2) is 0 Å². The first kappa shape index (κ1) is 18.5. The van der Waals surface area contributed by atoms with Crippen molar-refractivity contribution in [2.75, 3.05) is 13.1 Å². The average Bonchev–Trinajstić information content (AvgIpc) is 3.25. The lowest BCUT2D eigenvalue weighted by atomic mass is 10.3. The number of benzene rings is 1. The van der Waals surface area contributed by atoms with Crippen molar-refractivity contribution in [1.82, 2.24) is 25.1 Å². The molecular weight excluding hydrogens is 371 g/mol. The first-order valence-corrected chi connectivity index (χ1v) is 8.81. The number of nitrogens with zero attached hydrogens (tertiary/aromatic N) is 5. The van der Waals surface area contributed by atoms with Crippen molar-refractivity contribution >= 4 is 17.7 Å². The van der Waals surface area contributed by atoms with Crippen molar-refractivity contribution in [3.63, 3.8) is 0 Å². The summed E-state index contributed by atoms with van der Waals surface area (Å²) in [5.74, 6) is -0.308. The van der Waals surface area contributed by atoms with Crippen molar-refractivity contribution in [2.45, 2.75) is 36.5 Å². The summed E-state index contributed by atoms with van der Waals surface area (Å²) in [4.78, 5) is 14.2. The molecule has 1 atom stereocenters. The van der Waals surface area contributed by atoms with Crippen LogP contribution in [-0.4, -0.2) is 55.7 Å². The fourth-order valence-electron chi connectivity index (χ4n) is 2.61. The lowest BCUT2D eigenvalue weighted by Gasteiger charge is -2.19. The summed E-state index contributed by atoms with van der Waals surface area (Å²) in [6.45, 7) is 3.30. The van der Waals surface area contributed by atoms with Crippen LogP contribution in [0.5, 0.6) is 5.75 Å². The number of alkyl halides is 3. The Bertz CT molecular complexity index is 759. The maximum Gasteiger partial charge on any atom is 0.573 e. The van der Waals surface area contributed by atoms with Gasteiger partial charge in [0.15, 0.2) is 0 Å². The van der Waals surface area contributed by atoms with Gasteiger partial charge in [0.2, 0.25) is 11.1 Å². The van der Waals surface area contributed by atoms with E-state index in [1.165, 1.54) is 40.7 Å². The van der Waals surface area contributed by atoms with Gasteiger partial charge in [-0.3, -0.25) is 4.79 Å². The van der Waals surface area contributed by atoms with Gasteiger partial charge in [0.05, 0.1) is 10.9 Å². The molecule has 1 aromatic carbocycles. The van der Waals surface area contributed by atoms with Crippen molar-refractivity contribution in [2.24, 2.45) is 0 Å². The van der Waals surface area contributed by atoms with Gasteiger partial charge in [-0.1, -0.05) is 11.8 Å². The number of rotatable bonds is 5. The number of likely N-dealkylation sites (tertiary alicyclic amines) is 1. The summed E-state index contributed by atoms with van der Waals surface area (Å²) in [6.07, 6.45) is -2.73. The lowest BCUT2D eigenvalue weighted by Crippen LogP contribution is -2.34. The molecule has 1 aliphatic heterocycles. The van der Waals surface area contributed by atoms with E-state index in [4.69, 9.17) is 0 Å². The van der Waals surface area contributed by atoms with Crippen LogP contribution < -0.4 is 4.74 Å². The van der Waals surface area contributed by atoms with Gasteiger partial charge in [-0.05, 0) is 54.5 Å². The summed E-state index contributed by atoms with van der Waals surface area (Å²) in [5.41, 5.74) is 0.466. The summed E-state index contributed by atoms with van der Waals surface area (Å²) in [5, 5.41) is 11.4. The number of ether oxygens (including phenoxy) is 1. The van der Waals surface area contributed by atoms with E-state index in [2.05, 4.69) is 20.3 Å². The molecule has 0 aliphatic carbocycles. The highest BCUT2D eigenvalue weighted by atomic mass is 32.2. The van der Waals surface area contributed by atoms with Gasteiger partial charge in [-0.2, -0.15) is 4.68 Å². The van der Waals surface area contributed by atoms with Crippen LogP contribution in [0.1, 0.15) is 19.8 Å². The number of carbonyl (C=O) groups excluding carboxylic acids is 1. The Hall–Kier alpha value is -2.30. The number of aromatic nitrogens is 4. The molecule has 0 spiro atoms. The molecule has 26 heavy (non-hydrogen) atoms. The minimum atomic E-state index is -4.75. The van der Waals surface area contributed by atoms with E-state index >= 15 is 0 Å². The van der Waals surface area contributed by atoms with Crippen LogP contribution in [0.2, 0.25) is 0 Å². The summed E-state index contributed by atoms with van der Waals surface area (Å²) in [6, 6.07) is 5.18. The quantitative estimate of drug-likeness (QED) is 0.735. The predicted octanol–water partition coefficient (Wildman–Crippen LogP) is 2.66. The molecule has 2 aromatic rings. The second kappa shape index (κ2) is 7.52. The molecule has 1 aliphatic rings. The number of thioether (sulfide) groups is 1. The van der Waals surface area contributed by atoms with Gasteiger partial charge < -0.3 is 9.64 Å². The highest BCUT2D eigenvalue weighted by Gasteiger charge is 2.31. The molecule has 1 aromatic heterocycles. The van der Waals surface area contributed by atoms with Crippen molar-refractivity contribution in [1.29, 1.82) is 0 Å². The fourth-order valence-corrected chi connectivity index (χ4v) is 3.50. The number of amides is 1. The maximum absolute atomic E-state index is 12.4. The molecule has 0 bridgehead atoms. The summed E-state index contributed by atoms with van der Waals surface area (Å²) in [7, 11) is 0. The molecule has 140 valence electrons. The zero-order chi connectivity index (χ0) is 18.7. The van der Waals surface area contributed by atoms with Crippen LogP contribution in [0.3, 0.4) is 0 Å². The van der Waals surface area contributed by atoms with Crippen LogP contribution in [0, 0.1) is 0 Å². The van der Waals surface area contributed by atoms with Crippen molar-refractivity contribution < 1.29 is 22.7 Å². The van der Waals surface area contributed by atoms with Crippen LogP contribution in [0.4, 0.5) is 13.2 Å². The van der Waals surface area contributed by atoms with E-state index in [0.717, 1.165) is 25.9 Å². The first-order valence-electron chi connectivity index (χ1n) is 7.93. The van der Waals surface area contributed by atoms with Crippen LogP contribution in [0.15, 0.2) is 29.4 Å². The molecule has 1 saturated heterocycles. The molecule has 7 nitrogen and oxygen atoms in total. The Kier molecular flexibility index (Phi) is 5.35. The number of carbonyl (C=O) groups is 1. The van der Waals surface area contributed by atoms with Crippen LogP contribution in [-0.2, 0) is 4.79 Å². The van der Waals surface area contributed by atoms with E-state index in [1.54, 1.807) is 6.92 Å². The molecule has 1 amide bonds. The second-order valence-corrected chi connectivity index (χ2v) is 7.02. The lowest BCUT2D eigenvalue weighted by molar-refractivity contribution is -0.274. The largest absolute Gasteiger partial charge is 0.573 e.